The molecule has 0 saturated carbocycles. The van der Waals surface area contributed by atoms with Crippen molar-refractivity contribution < 1.29 is 27.1 Å². The number of carbonyl (C=O) groups excluding carboxylic acids is 1. The zero-order chi connectivity index (χ0) is 23.3. The van der Waals surface area contributed by atoms with Crippen molar-refractivity contribution in [3.63, 3.8) is 0 Å². The van der Waals surface area contributed by atoms with Crippen LogP contribution >= 0.6 is 12.4 Å². The van der Waals surface area contributed by atoms with Gasteiger partial charge in [0.2, 0.25) is 0 Å². The molecule has 0 radical (unpaired) electrons. The fourth-order valence-electron chi connectivity index (χ4n) is 3.23. The Kier molecular flexibility index (Phi) is 8.84. The highest BCUT2D eigenvalue weighted by atomic mass is 35.5. The van der Waals surface area contributed by atoms with E-state index in [9.17, 15) is 22.4 Å². The number of nitrogens with zero attached hydrogens (tertiary/aromatic N) is 1. The van der Waals surface area contributed by atoms with Crippen LogP contribution in [0.1, 0.15) is 27.0 Å². The first kappa shape index (κ1) is 26.2. The third-order valence-electron chi connectivity index (χ3n) is 4.84. The van der Waals surface area contributed by atoms with E-state index in [4.69, 9.17) is 10.5 Å². The molecule has 2 N–H and O–H groups in total. The molecule has 9 heteroatoms. The lowest BCUT2D eigenvalue weighted by Crippen LogP contribution is -2.28. The summed E-state index contributed by atoms with van der Waals surface area (Å²) in [5, 5.41) is 0. The predicted molar refractivity (Wildman–Crippen MR) is 120 cm³/mol. The van der Waals surface area contributed by atoms with Crippen LogP contribution in [0.4, 0.5) is 17.6 Å². The van der Waals surface area contributed by atoms with Crippen LogP contribution in [0.5, 0.6) is 11.5 Å². The van der Waals surface area contributed by atoms with Gasteiger partial charge in [-0.15, -0.1) is 12.4 Å². The van der Waals surface area contributed by atoms with Crippen LogP contribution in [-0.4, -0.2) is 24.4 Å². The normalized spacial score (nSPS) is 11.0. The Hall–Kier alpha value is -3.10. The standard InChI is InChI=1S/C24H22F4N2O2.ClH/c1-30(15-17-4-2-3-5-21(17)24(26,27)28)23(31)20-14-19(10-11-22(20)25)32-18-8-6-16(7-9-18)12-13-29;/h2-11,14H,12-13,15,29H2,1H3;1H. The second kappa shape index (κ2) is 11.2. The maximum atomic E-state index is 14.4. The summed E-state index contributed by atoms with van der Waals surface area (Å²) in [6.45, 7) is 0.187. The highest BCUT2D eigenvalue weighted by molar-refractivity contribution is 5.94. The third-order valence-corrected chi connectivity index (χ3v) is 4.84. The molecule has 0 unspecified atom stereocenters. The molecule has 0 spiro atoms. The zero-order valence-corrected chi connectivity index (χ0v) is 18.5. The van der Waals surface area contributed by atoms with Gasteiger partial charge in [0, 0.05) is 13.6 Å². The van der Waals surface area contributed by atoms with E-state index >= 15 is 0 Å². The minimum Gasteiger partial charge on any atom is -0.457 e. The molecule has 176 valence electrons. The summed E-state index contributed by atoms with van der Waals surface area (Å²) < 4.78 is 59.8. The number of alkyl halides is 3. The average molecular weight is 483 g/mol. The molecule has 0 atom stereocenters. The van der Waals surface area contributed by atoms with E-state index in [-0.39, 0.29) is 35.8 Å². The van der Waals surface area contributed by atoms with Crippen LogP contribution < -0.4 is 10.5 Å². The Morgan fingerprint density at radius 2 is 1.64 bits per heavy atom. The van der Waals surface area contributed by atoms with Crippen LogP contribution in [0.3, 0.4) is 0 Å². The number of carbonyl (C=O) groups is 1. The van der Waals surface area contributed by atoms with E-state index < -0.39 is 23.5 Å². The molecule has 3 aromatic carbocycles. The quantitative estimate of drug-likeness (QED) is 0.431. The highest BCUT2D eigenvalue weighted by Crippen LogP contribution is 2.32. The monoisotopic (exact) mass is 482 g/mol. The topological polar surface area (TPSA) is 55.6 Å². The Morgan fingerprint density at radius 1 is 1.00 bits per heavy atom. The van der Waals surface area contributed by atoms with E-state index in [1.54, 1.807) is 12.1 Å². The number of halogens is 5. The van der Waals surface area contributed by atoms with Gasteiger partial charge in [-0.2, -0.15) is 13.2 Å². The van der Waals surface area contributed by atoms with Crippen molar-refractivity contribution in [2.45, 2.75) is 19.1 Å². The maximum absolute atomic E-state index is 14.4. The van der Waals surface area contributed by atoms with Gasteiger partial charge >= 0.3 is 6.18 Å². The van der Waals surface area contributed by atoms with Crippen LogP contribution in [0.2, 0.25) is 0 Å². The smallest absolute Gasteiger partial charge is 0.416 e. The van der Waals surface area contributed by atoms with Gasteiger partial charge in [-0.1, -0.05) is 30.3 Å². The van der Waals surface area contributed by atoms with Crippen molar-refractivity contribution in [2.24, 2.45) is 5.73 Å². The van der Waals surface area contributed by atoms with Crippen LogP contribution in [0.15, 0.2) is 66.7 Å². The number of hydrogen-bond donors (Lipinski definition) is 1. The van der Waals surface area contributed by atoms with Crippen LogP contribution in [-0.2, 0) is 19.1 Å². The molecule has 1 amide bonds. The summed E-state index contributed by atoms with van der Waals surface area (Å²) >= 11 is 0. The van der Waals surface area contributed by atoms with E-state index in [1.165, 1.54) is 37.4 Å². The van der Waals surface area contributed by atoms with E-state index in [0.717, 1.165) is 29.0 Å². The minimum absolute atomic E-state index is 0. The lowest BCUT2D eigenvalue weighted by Gasteiger charge is -2.21. The molecule has 4 nitrogen and oxygen atoms in total. The summed E-state index contributed by atoms with van der Waals surface area (Å²) in [6.07, 6.45) is -3.83. The second-order valence-electron chi connectivity index (χ2n) is 7.24. The zero-order valence-electron chi connectivity index (χ0n) is 17.7. The molecule has 0 bridgehead atoms. The van der Waals surface area contributed by atoms with Crippen molar-refractivity contribution in [1.29, 1.82) is 0 Å². The summed E-state index contributed by atoms with van der Waals surface area (Å²) in [5.74, 6) is -0.839. The molecule has 0 saturated heterocycles. The van der Waals surface area contributed by atoms with E-state index in [2.05, 4.69) is 0 Å². The van der Waals surface area contributed by atoms with Gasteiger partial charge < -0.3 is 15.4 Å². The maximum Gasteiger partial charge on any atom is 0.416 e. The number of ether oxygens (including phenoxy) is 1. The predicted octanol–water partition coefficient (Wildman–Crippen LogP) is 5.83. The summed E-state index contributed by atoms with van der Waals surface area (Å²) in [6, 6.07) is 15.8. The van der Waals surface area contributed by atoms with Crippen molar-refractivity contribution in [3.8, 4) is 11.5 Å². The van der Waals surface area contributed by atoms with Gasteiger partial charge in [0.25, 0.3) is 5.91 Å². The number of rotatable bonds is 7. The molecular formula is C24H23ClF4N2O2. The second-order valence-corrected chi connectivity index (χ2v) is 7.24. The first-order valence-electron chi connectivity index (χ1n) is 9.86. The SMILES string of the molecule is CN(Cc1ccccc1C(F)(F)F)C(=O)c1cc(Oc2ccc(CCN)cc2)ccc1F.Cl. The molecular weight excluding hydrogens is 460 g/mol. The van der Waals surface area contributed by atoms with Crippen LogP contribution in [0, 0.1) is 5.82 Å². The molecule has 0 aromatic heterocycles. The number of nitrogens with two attached hydrogens (primary N) is 1. The summed E-state index contributed by atoms with van der Waals surface area (Å²) in [5.41, 5.74) is 5.35. The first-order valence-corrected chi connectivity index (χ1v) is 9.86. The molecule has 0 aliphatic rings. The van der Waals surface area contributed by atoms with Gasteiger partial charge in [0.15, 0.2) is 0 Å². The van der Waals surface area contributed by atoms with Gasteiger partial charge in [-0.3, -0.25) is 4.79 Å². The van der Waals surface area contributed by atoms with Gasteiger partial charge in [0.1, 0.15) is 17.3 Å². The molecule has 3 aromatic rings. The molecule has 0 fully saturated rings. The lowest BCUT2D eigenvalue weighted by atomic mass is 10.1. The Labute approximate surface area is 195 Å². The number of amides is 1. The Bertz CT molecular complexity index is 1090. The highest BCUT2D eigenvalue weighted by Gasteiger charge is 2.33. The van der Waals surface area contributed by atoms with Gasteiger partial charge in [0.05, 0.1) is 11.1 Å². The van der Waals surface area contributed by atoms with Crippen molar-refractivity contribution in [3.05, 3.63) is 94.8 Å². The van der Waals surface area contributed by atoms with Gasteiger partial charge in [-0.25, -0.2) is 4.39 Å². The third kappa shape index (κ3) is 6.69. The molecule has 33 heavy (non-hydrogen) atoms. The molecule has 3 rings (SSSR count). The van der Waals surface area contributed by atoms with Gasteiger partial charge in [-0.05, 0) is 60.5 Å². The largest absolute Gasteiger partial charge is 0.457 e. The summed E-state index contributed by atoms with van der Waals surface area (Å²) in [4.78, 5) is 13.8. The lowest BCUT2D eigenvalue weighted by molar-refractivity contribution is -0.138. The van der Waals surface area contributed by atoms with E-state index in [1.807, 2.05) is 12.1 Å². The van der Waals surface area contributed by atoms with Crippen molar-refractivity contribution in [1.82, 2.24) is 4.90 Å². The number of benzene rings is 3. The Balaban J connectivity index is 0.00000385. The minimum atomic E-state index is -4.56. The molecule has 0 aliphatic heterocycles. The fraction of sp³-hybridized carbons (Fsp3) is 0.208. The first-order chi connectivity index (χ1) is 15.2. The summed E-state index contributed by atoms with van der Waals surface area (Å²) in [7, 11) is 1.32. The fourth-order valence-corrected chi connectivity index (χ4v) is 3.23. The average Bonchev–Trinajstić information content (AvgIpc) is 2.76. The molecule has 0 heterocycles. The van der Waals surface area contributed by atoms with Crippen LogP contribution in [0.25, 0.3) is 0 Å². The van der Waals surface area contributed by atoms with E-state index in [0.29, 0.717) is 12.3 Å². The van der Waals surface area contributed by atoms with Crippen molar-refractivity contribution in [2.75, 3.05) is 13.6 Å². The molecule has 0 aliphatic carbocycles. The van der Waals surface area contributed by atoms with Crippen molar-refractivity contribution >= 4 is 18.3 Å². The Morgan fingerprint density at radius 3 is 2.27 bits per heavy atom. The number of hydrogen-bond acceptors (Lipinski definition) is 3.